The lowest BCUT2D eigenvalue weighted by molar-refractivity contribution is -0.118. The zero-order valence-corrected chi connectivity index (χ0v) is 14.8. The van der Waals surface area contributed by atoms with Gasteiger partial charge in [0.2, 0.25) is 0 Å². The predicted octanol–water partition coefficient (Wildman–Crippen LogP) is 4.07. The van der Waals surface area contributed by atoms with Crippen LogP contribution in [0.3, 0.4) is 0 Å². The van der Waals surface area contributed by atoms with Crippen LogP contribution in [-0.4, -0.2) is 17.6 Å². The maximum Gasteiger partial charge on any atom is 0.262 e. The summed E-state index contributed by atoms with van der Waals surface area (Å²) < 4.78 is 11.1. The van der Waals surface area contributed by atoms with Crippen LogP contribution in [0.4, 0.5) is 5.69 Å². The van der Waals surface area contributed by atoms with Gasteiger partial charge in [-0.25, -0.2) is 0 Å². The van der Waals surface area contributed by atoms with Crippen LogP contribution in [0, 0.1) is 13.8 Å². The van der Waals surface area contributed by atoms with E-state index in [2.05, 4.69) is 11.4 Å². The molecule has 5 heteroatoms. The average Bonchev–Trinajstić information content (AvgIpc) is 3.09. The first-order chi connectivity index (χ1) is 12.5. The van der Waals surface area contributed by atoms with Gasteiger partial charge >= 0.3 is 0 Å². The van der Waals surface area contributed by atoms with Gasteiger partial charge in [-0.2, -0.15) is 0 Å². The number of furan rings is 1. The molecule has 3 rings (SSSR count). The minimum Gasteiger partial charge on any atom is -0.484 e. The summed E-state index contributed by atoms with van der Waals surface area (Å²) in [6.07, 6.45) is 0. The Bertz CT molecular complexity index is 894. The molecular weight excluding hydrogens is 330 g/mol. The fourth-order valence-electron chi connectivity index (χ4n) is 2.73. The third-order valence-electron chi connectivity index (χ3n) is 3.81. The number of benzene rings is 2. The molecule has 0 aliphatic heterocycles. The predicted molar refractivity (Wildman–Crippen MR) is 100 cm³/mol. The van der Waals surface area contributed by atoms with Crippen molar-refractivity contribution in [3.63, 3.8) is 0 Å². The third kappa shape index (κ3) is 4.52. The molecule has 1 amide bonds. The van der Waals surface area contributed by atoms with Crippen LogP contribution >= 0.6 is 0 Å². The summed E-state index contributed by atoms with van der Waals surface area (Å²) in [5.74, 6) is 1.57. The Kier molecular flexibility index (Phi) is 5.39. The van der Waals surface area contributed by atoms with Gasteiger partial charge < -0.3 is 19.6 Å². The quantitative estimate of drug-likeness (QED) is 0.702. The van der Waals surface area contributed by atoms with E-state index in [1.165, 1.54) is 0 Å². The van der Waals surface area contributed by atoms with Gasteiger partial charge in [-0.3, -0.25) is 4.79 Å². The van der Waals surface area contributed by atoms with Gasteiger partial charge in [-0.05, 0) is 61.4 Å². The molecule has 0 saturated heterocycles. The smallest absolute Gasteiger partial charge is 0.262 e. The van der Waals surface area contributed by atoms with Gasteiger partial charge in [0.15, 0.2) is 6.61 Å². The average molecular weight is 351 g/mol. The van der Waals surface area contributed by atoms with Gasteiger partial charge in [0.1, 0.15) is 23.9 Å². The molecule has 1 heterocycles. The van der Waals surface area contributed by atoms with E-state index in [1.807, 2.05) is 44.2 Å². The van der Waals surface area contributed by atoms with Crippen LogP contribution in [0.1, 0.15) is 16.9 Å². The van der Waals surface area contributed by atoms with E-state index in [-0.39, 0.29) is 19.1 Å². The molecule has 0 bridgehead atoms. The molecule has 0 aliphatic carbocycles. The van der Waals surface area contributed by atoms with Crippen LogP contribution in [0.25, 0.3) is 11.3 Å². The first kappa shape index (κ1) is 17.8. The van der Waals surface area contributed by atoms with Gasteiger partial charge in [-0.1, -0.05) is 18.2 Å². The van der Waals surface area contributed by atoms with Gasteiger partial charge in [0, 0.05) is 11.3 Å². The molecule has 0 saturated carbocycles. The Morgan fingerprint density at radius 2 is 1.85 bits per heavy atom. The molecule has 26 heavy (non-hydrogen) atoms. The van der Waals surface area contributed by atoms with E-state index >= 15 is 0 Å². The van der Waals surface area contributed by atoms with Gasteiger partial charge in [0.25, 0.3) is 5.91 Å². The Hall–Kier alpha value is -3.05. The topological polar surface area (TPSA) is 71.7 Å². The molecular formula is C21H21NO4. The van der Waals surface area contributed by atoms with Crippen molar-refractivity contribution in [3.05, 3.63) is 71.5 Å². The molecule has 3 aromatic rings. The lowest BCUT2D eigenvalue weighted by atomic mass is 10.1. The summed E-state index contributed by atoms with van der Waals surface area (Å²) in [4.78, 5) is 12.2. The van der Waals surface area contributed by atoms with E-state index in [0.717, 1.165) is 16.7 Å². The molecule has 0 atom stereocenters. The first-order valence-electron chi connectivity index (χ1n) is 8.34. The highest BCUT2D eigenvalue weighted by atomic mass is 16.5. The molecule has 0 spiro atoms. The van der Waals surface area contributed by atoms with Crippen molar-refractivity contribution in [1.29, 1.82) is 0 Å². The second-order valence-electron chi connectivity index (χ2n) is 6.17. The van der Waals surface area contributed by atoms with E-state index in [0.29, 0.717) is 23.0 Å². The fraction of sp³-hybridized carbons (Fsp3) is 0.190. The SMILES string of the molecule is Cc1cc(C)cc(OCC(=O)Nc2cccc(-c3ccc(CO)o3)c2)c1. The molecule has 0 aliphatic rings. The van der Waals surface area contributed by atoms with Crippen LogP contribution in [0.2, 0.25) is 0 Å². The molecule has 0 fully saturated rings. The number of ether oxygens (including phenoxy) is 1. The number of amides is 1. The second kappa shape index (κ2) is 7.89. The van der Waals surface area contributed by atoms with Gasteiger partial charge in [0.05, 0.1) is 0 Å². The number of carbonyl (C=O) groups is 1. The third-order valence-corrected chi connectivity index (χ3v) is 3.81. The highest BCUT2D eigenvalue weighted by molar-refractivity contribution is 5.92. The maximum atomic E-state index is 12.2. The van der Waals surface area contributed by atoms with Crippen LogP contribution in [0.5, 0.6) is 5.75 Å². The van der Waals surface area contributed by atoms with Crippen molar-refractivity contribution < 1.29 is 19.1 Å². The number of anilines is 1. The summed E-state index contributed by atoms with van der Waals surface area (Å²) in [5.41, 5.74) is 3.65. The van der Waals surface area contributed by atoms with Crippen LogP contribution < -0.4 is 10.1 Å². The minimum atomic E-state index is -0.239. The zero-order valence-electron chi connectivity index (χ0n) is 14.8. The molecule has 134 valence electrons. The van der Waals surface area contributed by atoms with E-state index in [9.17, 15) is 4.79 Å². The van der Waals surface area contributed by atoms with E-state index in [4.69, 9.17) is 14.3 Å². The summed E-state index contributed by atoms with van der Waals surface area (Å²) >= 11 is 0. The lowest BCUT2D eigenvalue weighted by Gasteiger charge is -2.09. The van der Waals surface area contributed by atoms with Crippen molar-refractivity contribution in [3.8, 4) is 17.1 Å². The maximum absolute atomic E-state index is 12.2. The first-order valence-corrected chi connectivity index (χ1v) is 8.34. The van der Waals surface area contributed by atoms with Crippen molar-refractivity contribution in [2.24, 2.45) is 0 Å². The number of rotatable bonds is 6. The van der Waals surface area contributed by atoms with Crippen molar-refractivity contribution in [1.82, 2.24) is 0 Å². The highest BCUT2D eigenvalue weighted by Crippen LogP contribution is 2.25. The number of nitrogens with one attached hydrogen (secondary N) is 1. The van der Waals surface area contributed by atoms with Crippen molar-refractivity contribution in [2.45, 2.75) is 20.5 Å². The summed E-state index contributed by atoms with van der Waals surface area (Å²) in [6.45, 7) is 3.76. The fourth-order valence-corrected chi connectivity index (χ4v) is 2.73. The number of hydrogen-bond donors (Lipinski definition) is 2. The Morgan fingerprint density at radius 1 is 1.08 bits per heavy atom. The number of aliphatic hydroxyl groups is 1. The van der Waals surface area contributed by atoms with E-state index < -0.39 is 0 Å². The molecule has 1 aromatic heterocycles. The normalized spacial score (nSPS) is 10.6. The molecule has 2 N–H and O–H groups in total. The largest absolute Gasteiger partial charge is 0.484 e. The lowest BCUT2D eigenvalue weighted by Crippen LogP contribution is -2.20. The Labute approximate surface area is 152 Å². The Balaban J connectivity index is 1.63. The summed E-state index contributed by atoms with van der Waals surface area (Å²) in [6, 6.07) is 16.7. The standard InChI is InChI=1S/C21H21NO4/c1-14-8-15(2)10-19(9-14)25-13-21(24)22-17-5-3-4-16(11-17)20-7-6-18(12-23)26-20/h3-11,23H,12-13H2,1-2H3,(H,22,24). The minimum absolute atomic E-state index is 0.0669. The monoisotopic (exact) mass is 351 g/mol. The molecule has 0 unspecified atom stereocenters. The highest BCUT2D eigenvalue weighted by Gasteiger charge is 2.08. The summed E-state index contributed by atoms with van der Waals surface area (Å²) in [5, 5.41) is 11.9. The van der Waals surface area contributed by atoms with Crippen LogP contribution in [-0.2, 0) is 11.4 Å². The number of carbonyl (C=O) groups excluding carboxylic acids is 1. The summed E-state index contributed by atoms with van der Waals surface area (Å²) in [7, 11) is 0. The van der Waals surface area contributed by atoms with Crippen LogP contribution in [0.15, 0.2) is 59.0 Å². The number of aliphatic hydroxyl groups excluding tert-OH is 1. The molecule has 2 aromatic carbocycles. The number of hydrogen-bond acceptors (Lipinski definition) is 4. The molecule has 0 radical (unpaired) electrons. The van der Waals surface area contributed by atoms with E-state index in [1.54, 1.807) is 18.2 Å². The van der Waals surface area contributed by atoms with Crippen molar-refractivity contribution in [2.75, 3.05) is 11.9 Å². The van der Waals surface area contributed by atoms with Crippen molar-refractivity contribution >= 4 is 11.6 Å². The number of aryl methyl sites for hydroxylation is 2. The molecule has 5 nitrogen and oxygen atoms in total. The zero-order chi connectivity index (χ0) is 18.5. The van der Waals surface area contributed by atoms with Gasteiger partial charge in [-0.15, -0.1) is 0 Å². The Morgan fingerprint density at radius 3 is 2.54 bits per heavy atom. The second-order valence-corrected chi connectivity index (χ2v) is 6.17.